The Balaban J connectivity index is 3.00. The summed E-state index contributed by atoms with van der Waals surface area (Å²) in [6.07, 6.45) is 14.0. The molecule has 1 rings (SSSR count). The van der Waals surface area contributed by atoms with E-state index in [4.69, 9.17) is 0 Å². The van der Waals surface area contributed by atoms with E-state index in [0.29, 0.717) is 0 Å². The molecule has 28 heavy (non-hydrogen) atoms. The van der Waals surface area contributed by atoms with Crippen LogP contribution in [0.25, 0.3) is 0 Å². The zero-order chi connectivity index (χ0) is 20.7. The van der Waals surface area contributed by atoms with E-state index in [1.807, 2.05) is 6.08 Å². The third kappa shape index (κ3) is 9.48. The van der Waals surface area contributed by atoms with Gasteiger partial charge in [0.25, 0.3) is 0 Å². The molecule has 0 aliphatic rings. The Morgan fingerprint density at radius 2 is 1.46 bits per heavy atom. The van der Waals surface area contributed by atoms with Gasteiger partial charge in [-0.2, -0.15) is 0 Å². The standard InChI is InChI=1S/C14H19O.3C4H9.Sn/c1-3-4-5-6-11-14(15)13-10-8-7-9-12(13)2;3*1-3-4-2;/h3,7-10,14-15H,1-2,4-6,11H2;3*1,3-4H2,2H3;. The van der Waals surface area contributed by atoms with Crippen molar-refractivity contribution in [1.82, 2.24) is 0 Å². The first-order valence-corrected chi connectivity index (χ1v) is 20.1. The maximum absolute atomic E-state index is 10.9. The fraction of sp³-hybridized carbons (Fsp3) is 0.692. The zero-order valence-corrected chi connectivity index (χ0v) is 21.9. The molecule has 0 radical (unpaired) electrons. The Kier molecular flexibility index (Phi) is 14.3. The summed E-state index contributed by atoms with van der Waals surface area (Å²) in [6.45, 7) is 10.8. The van der Waals surface area contributed by atoms with Gasteiger partial charge in [0.1, 0.15) is 0 Å². The van der Waals surface area contributed by atoms with E-state index in [0.717, 1.165) is 25.7 Å². The predicted molar refractivity (Wildman–Crippen MR) is 129 cm³/mol. The second-order valence-electron chi connectivity index (χ2n) is 8.78. The maximum atomic E-state index is 10.9. The van der Waals surface area contributed by atoms with Gasteiger partial charge in [0, 0.05) is 0 Å². The van der Waals surface area contributed by atoms with Crippen LogP contribution < -0.4 is 0 Å². The first-order chi connectivity index (χ1) is 13.6. The number of aliphatic hydroxyl groups excluding tert-OH is 1. The second kappa shape index (κ2) is 15.5. The van der Waals surface area contributed by atoms with Gasteiger partial charge in [-0.1, -0.05) is 0 Å². The summed E-state index contributed by atoms with van der Waals surface area (Å²) in [6, 6.07) is 8.84. The molecular weight excluding hydrogens is 447 g/mol. The Bertz CT molecular complexity index is 503. The van der Waals surface area contributed by atoms with Crippen LogP contribution in [0.3, 0.4) is 0 Å². The molecule has 0 heterocycles. The van der Waals surface area contributed by atoms with Crippen LogP contribution in [0.2, 0.25) is 13.3 Å². The minimum absolute atomic E-state index is 0.298. The van der Waals surface area contributed by atoms with Crippen LogP contribution in [0.5, 0.6) is 0 Å². The van der Waals surface area contributed by atoms with E-state index in [-0.39, 0.29) is 6.10 Å². The molecule has 1 unspecified atom stereocenters. The molecule has 1 atom stereocenters. The van der Waals surface area contributed by atoms with Crippen LogP contribution in [0, 0.1) is 0 Å². The molecule has 1 aromatic carbocycles. The van der Waals surface area contributed by atoms with Crippen LogP contribution in [0.1, 0.15) is 102 Å². The van der Waals surface area contributed by atoms with Crippen molar-refractivity contribution in [3.05, 3.63) is 48.0 Å². The normalized spacial score (nSPS) is 12.9. The van der Waals surface area contributed by atoms with Crippen molar-refractivity contribution < 1.29 is 5.11 Å². The molecule has 0 aliphatic carbocycles. The number of aliphatic hydroxyl groups is 1. The molecule has 0 bridgehead atoms. The molecule has 2 heteroatoms. The summed E-state index contributed by atoms with van der Waals surface area (Å²) in [5.74, 6) is 0. The van der Waals surface area contributed by atoms with E-state index >= 15 is 0 Å². The second-order valence-corrected chi connectivity index (χ2v) is 22.6. The Morgan fingerprint density at radius 3 is 2.00 bits per heavy atom. The Hall–Kier alpha value is -0.281. The zero-order valence-electron chi connectivity index (χ0n) is 19.0. The summed E-state index contributed by atoms with van der Waals surface area (Å²) in [7, 11) is 0. The molecule has 0 saturated carbocycles. The third-order valence-corrected chi connectivity index (χ3v) is 21.6. The number of benzene rings is 1. The fourth-order valence-corrected chi connectivity index (χ4v) is 20.8. The Labute approximate surface area is 179 Å². The van der Waals surface area contributed by atoms with Crippen molar-refractivity contribution in [1.29, 1.82) is 0 Å². The topological polar surface area (TPSA) is 20.2 Å². The van der Waals surface area contributed by atoms with Crippen LogP contribution in [-0.4, -0.2) is 23.5 Å². The molecule has 0 aromatic heterocycles. The van der Waals surface area contributed by atoms with Gasteiger partial charge in [0.15, 0.2) is 0 Å². The molecule has 0 aliphatic heterocycles. The van der Waals surface area contributed by atoms with E-state index in [1.165, 1.54) is 67.4 Å². The van der Waals surface area contributed by atoms with Gasteiger partial charge in [0.2, 0.25) is 0 Å². The molecule has 160 valence electrons. The van der Waals surface area contributed by atoms with Crippen molar-refractivity contribution in [3.63, 3.8) is 0 Å². The molecule has 1 N–H and O–H groups in total. The van der Waals surface area contributed by atoms with Gasteiger partial charge in [-0.25, -0.2) is 0 Å². The van der Waals surface area contributed by atoms with E-state index < -0.39 is 18.4 Å². The Morgan fingerprint density at radius 1 is 0.893 bits per heavy atom. The van der Waals surface area contributed by atoms with Gasteiger partial charge in [-0.05, 0) is 0 Å². The predicted octanol–water partition coefficient (Wildman–Crippen LogP) is 8.40. The van der Waals surface area contributed by atoms with E-state index in [1.54, 1.807) is 0 Å². The number of hydrogen-bond donors (Lipinski definition) is 1. The van der Waals surface area contributed by atoms with E-state index in [9.17, 15) is 5.11 Å². The van der Waals surface area contributed by atoms with Crippen molar-refractivity contribution in [3.8, 4) is 0 Å². The van der Waals surface area contributed by atoms with Crippen molar-refractivity contribution in [2.24, 2.45) is 0 Å². The van der Waals surface area contributed by atoms with Crippen LogP contribution >= 0.6 is 0 Å². The van der Waals surface area contributed by atoms with Crippen molar-refractivity contribution in [2.45, 2.75) is 109 Å². The average Bonchev–Trinajstić information content (AvgIpc) is 2.72. The van der Waals surface area contributed by atoms with Gasteiger partial charge in [-0.3, -0.25) is 0 Å². The van der Waals surface area contributed by atoms with Gasteiger partial charge < -0.3 is 0 Å². The number of allylic oxidation sites excluding steroid dienone is 1. The quantitative estimate of drug-likeness (QED) is 0.131. The van der Waals surface area contributed by atoms with E-state index in [2.05, 4.69) is 51.6 Å². The summed E-state index contributed by atoms with van der Waals surface area (Å²) in [5, 5.41) is 10.9. The molecule has 0 spiro atoms. The first kappa shape index (κ1) is 25.8. The van der Waals surface area contributed by atoms with Crippen molar-refractivity contribution >= 4 is 18.4 Å². The number of unbranched alkanes of at least 4 members (excludes halogenated alkanes) is 5. The van der Waals surface area contributed by atoms with Crippen LogP contribution in [0.4, 0.5) is 0 Å². The average molecular weight is 493 g/mol. The summed E-state index contributed by atoms with van der Waals surface area (Å²) in [5.41, 5.74) is 2.71. The van der Waals surface area contributed by atoms with Gasteiger partial charge in [0.05, 0.1) is 0 Å². The first-order valence-electron chi connectivity index (χ1n) is 12.0. The van der Waals surface area contributed by atoms with Crippen molar-refractivity contribution in [2.75, 3.05) is 0 Å². The van der Waals surface area contributed by atoms with Crippen LogP contribution in [0.15, 0.2) is 36.9 Å². The van der Waals surface area contributed by atoms with Crippen LogP contribution in [-0.2, 0) is 4.44 Å². The molecule has 0 fully saturated rings. The van der Waals surface area contributed by atoms with Gasteiger partial charge in [-0.15, -0.1) is 0 Å². The fourth-order valence-electron chi connectivity index (χ4n) is 4.50. The minimum atomic E-state index is -2.24. The molecule has 0 amide bonds. The summed E-state index contributed by atoms with van der Waals surface area (Å²) < 4.78 is 5.95. The molecular formula is C26H46OSn. The van der Waals surface area contributed by atoms with Gasteiger partial charge >= 0.3 is 180 Å². The molecule has 1 nitrogen and oxygen atoms in total. The molecule has 1 aromatic rings. The SMILES string of the molecule is C=CCCCCC(O)c1ccccc1[CH2][Sn]([CH2]CCC)([CH2]CCC)[CH2]CCC. The third-order valence-electron chi connectivity index (χ3n) is 6.30. The summed E-state index contributed by atoms with van der Waals surface area (Å²) >= 11 is -2.24. The number of hydrogen-bond acceptors (Lipinski definition) is 1. The summed E-state index contributed by atoms with van der Waals surface area (Å²) in [4.78, 5) is 0. The molecule has 0 saturated heterocycles. The number of rotatable bonds is 17. The monoisotopic (exact) mass is 494 g/mol.